The van der Waals surface area contributed by atoms with Gasteiger partial charge in [0.1, 0.15) is 11.7 Å². The van der Waals surface area contributed by atoms with Crippen molar-refractivity contribution in [2.24, 2.45) is 5.92 Å². The molecule has 0 saturated heterocycles. The fraction of sp³-hybridized carbons (Fsp3) is 0.684. The van der Waals surface area contributed by atoms with Crippen LogP contribution >= 0.6 is 0 Å². The van der Waals surface area contributed by atoms with E-state index in [2.05, 4.69) is 18.2 Å². The summed E-state index contributed by atoms with van der Waals surface area (Å²) < 4.78 is 4.77. The van der Waals surface area contributed by atoms with Crippen LogP contribution in [0.4, 0.5) is 0 Å². The highest BCUT2D eigenvalue weighted by Gasteiger charge is 2.25. The lowest BCUT2D eigenvalue weighted by atomic mass is 9.95. The number of methoxy groups -OCH3 is 1. The first kappa shape index (κ1) is 18.7. The van der Waals surface area contributed by atoms with Crippen LogP contribution < -0.4 is 0 Å². The van der Waals surface area contributed by atoms with E-state index in [4.69, 9.17) is 4.74 Å². The molecule has 0 aliphatic heterocycles. The van der Waals surface area contributed by atoms with Crippen molar-refractivity contribution in [3.05, 3.63) is 24.3 Å². The molecule has 0 aromatic heterocycles. The van der Waals surface area contributed by atoms with Gasteiger partial charge in [0.25, 0.3) is 0 Å². The van der Waals surface area contributed by atoms with Crippen molar-refractivity contribution in [2.75, 3.05) is 7.11 Å². The van der Waals surface area contributed by atoms with Crippen LogP contribution in [0.15, 0.2) is 24.3 Å². The van der Waals surface area contributed by atoms with Gasteiger partial charge in [-0.15, -0.1) is 0 Å². The average Bonchev–Trinajstić information content (AvgIpc) is 2.53. The zero-order valence-electron chi connectivity index (χ0n) is 13.9. The van der Waals surface area contributed by atoms with Crippen molar-refractivity contribution in [1.29, 1.82) is 0 Å². The summed E-state index contributed by atoms with van der Waals surface area (Å²) in [5.41, 5.74) is 0. The van der Waals surface area contributed by atoms with E-state index in [9.17, 15) is 9.59 Å². The number of carbonyl (C=O) groups excluding carboxylic acids is 2. The molecule has 1 unspecified atom stereocenters. The molecular formula is C19H30O3. The smallest absolute Gasteiger partial charge is 0.316 e. The Morgan fingerprint density at radius 3 is 2.09 bits per heavy atom. The SMILES string of the molecule is COC(=O)C1C/C=C/CCCCCCC/C=C/CCCC1=O. The summed E-state index contributed by atoms with van der Waals surface area (Å²) in [6.07, 6.45) is 19.6. The fourth-order valence-electron chi connectivity index (χ4n) is 2.71. The lowest BCUT2D eigenvalue weighted by molar-refractivity contribution is -0.149. The molecule has 1 aliphatic carbocycles. The van der Waals surface area contributed by atoms with Crippen molar-refractivity contribution < 1.29 is 14.3 Å². The predicted octanol–water partition coefficient (Wildman–Crippen LogP) is 4.76. The molecule has 0 spiro atoms. The van der Waals surface area contributed by atoms with Crippen LogP contribution in [0.3, 0.4) is 0 Å². The van der Waals surface area contributed by atoms with E-state index in [1.165, 1.54) is 39.2 Å². The van der Waals surface area contributed by atoms with Crippen molar-refractivity contribution in [2.45, 2.75) is 70.6 Å². The Hall–Kier alpha value is -1.38. The minimum absolute atomic E-state index is 0.00853. The number of carbonyl (C=O) groups is 2. The Bertz CT molecular complexity index is 382. The highest BCUT2D eigenvalue weighted by atomic mass is 16.5. The molecule has 3 nitrogen and oxygen atoms in total. The minimum atomic E-state index is -0.624. The standard InChI is InChI=1S/C19H30O3/c1-22-19(21)17-15-13-11-9-7-5-3-2-4-6-8-10-12-14-16-18(17)20/h8,10-11,13,17H,2-7,9,12,14-16H2,1H3/b10-8+,13-11+. The monoisotopic (exact) mass is 306 g/mol. The maximum atomic E-state index is 12.2. The highest BCUT2D eigenvalue weighted by Crippen LogP contribution is 2.15. The third-order valence-electron chi connectivity index (χ3n) is 4.12. The van der Waals surface area contributed by atoms with Crippen molar-refractivity contribution in [3.63, 3.8) is 0 Å². The van der Waals surface area contributed by atoms with Crippen molar-refractivity contribution >= 4 is 11.8 Å². The van der Waals surface area contributed by atoms with Crippen LogP contribution in [0, 0.1) is 5.92 Å². The van der Waals surface area contributed by atoms with Gasteiger partial charge in [0.2, 0.25) is 0 Å². The van der Waals surface area contributed by atoms with E-state index in [1.807, 2.05) is 6.08 Å². The Morgan fingerprint density at radius 2 is 1.45 bits per heavy atom. The lowest BCUT2D eigenvalue weighted by Gasteiger charge is -2.11. The molecule has 0 saturated carbocycles. The average molecular weight is 306 g/mol. The van der Waals surface area contributed by atoms with E-state index in [1.54, 1.807) is 0 Å². The van der Waals surface area contributed by atoms with Crippen molar-refractivity contribution in [3.8, 4) is 0 Å². The zero-order chi connectivity index (χ0) is 16.0. The molecule has 0 fully saturated rings. The second-order valence-corrected chi connectivity index (χ2v) is 5.96. The van der Waals surface area contributed by atoms with E-state index in [-0.39, 0.29) is 5.78 Å². The maximum Gasteiger partial charge on any atom is 0.316 e. The summed E-state index contributed by atoms with van der Waals surface area (Å²) in [6, 6.07) is 0. The van der Waals surface area contributed by atoms with Gasteiger partial charge >= 0.3 is 5.97 Å². The van der Waals surface area contributed by atoms with Crippen LogP contribution in [0.2, 0.25) is 0 Å². The molecular weight excluding hydrogens is 276 g/mol. The molecule has 0 aromatic rings. The second-order valence-electron chi connectivity index (χ2n) is 5.96. The van der Waals surface area contributed by atoms with Gasteiger partial charge in [-0.25, -0.2) is 0 Å². The quantitative estimate of drug-likeness (QED) is 0.398. The fourth-order valence-corrected chi connectivity index (χ4v) is 2.71. The molecule has 0 aromatic carbocycles. The maximum absolute atomic E-state index is 12.2. The molecule has 0 N–H and O–H groups in total. The third kappa shape index (κ3) is 8.16. The summed E-state index contributed by atoms with van der Waals surface area (Å²) in [6.45, 7) is 0. The molecule has 0 bridgehead atoms. The minimum Gasteiger partial charge on any atom is -0.468 e. The molecule has 0 heterocycles. The normalized spacial score (nSPS) is 25.9. The van der Waals surface area contributed by atoms with E-state index >= 15 is 0 Å². The number of ketones is 1. The Balaban J connectivity index is 2.57. The number of Topliss-reactive ketones (excluding diaryl/α,β-unsaturated/α-hetero) is 1. The number of hydrogen-bond acceptors (Lipinski definition) is 3. The first-order valence-electron chi connectivity index (χ1n) is 8.66. The largest absolute Gasteiger partial charge is 0.468 e. The number of ether oxygens (including phenoxy) is 1. The summed E-state index contributed by atoms with van der Waals surface area (Å²) in [7, 11) is 1.35. The molecule has 22 heavy (non-hydrogen) atoms. The Morgan fingerprint density at radius 1 is 0.909 bits per heavy atom. The van der Waals surface area contributed by atoms with Gasteiger partial charge in [-0.3, -0.25) is 9.59 Å². The van der Waals surface area contributed by atoms with Crippen LogP contribution in [-0.2, 0) is 14.3 Å². The van der Waals surface area contributed by atoms with Gasteiger partial charge in [0, 0.05) is 6.42 Å². The van der Waals surface area contributed by atoms with Gasteiger partial charge in [0.15, 0.2) is 0 Å². The first-order valence-corrected chi connectivity index (χ1v) is 8.66. The number of allylic oxidation sites excluding steroid dienone is 4. The van der Waals surface area contributed by atoms with Gasteiger partial charge in [0.05, 0.1) is 7.11 Å². The molecule has 0 amide bonds. The zero-order valence-corrected chi connectivity index (χ0v) is 13.9. The number of esters is 1. The molecule has 0 radical (unpaired) electrons. The van der Waals surface area contributed by atoms with Gasteiger partial charge in [-0.1, -0.05) is 43.6 Å². The number of rotatable bonds is 1. The molecule has 1 aliphatic rings. The third-order valence-corrected chi connectivity index (χ3v) is 4.12. The topological polar surface area (TPSA) is 43.4 Å². The predicted molar refractivity (Wildman–Crippen MR) is 89.6 cm³/mol. The van der Waals surface area contributed by atoms with E-state index < -0.39 is 11.9 Å². The molecule has 3 heteroatoms. The summed E-state index contributed by atoms with van der Waals surface area (Å²) in [5, 5.41) is 0. The van der Waals surface area contributed by atoms with Gasteiger partial charge in [-0.2, -0.15) is 0 Å². The number of hydrogen-bond donors (Lipinski definition) is 0. The second kappa shape index (κ2) is 12.2. The van der Waals surface area contributed by atoms with E-state index in [0.717, 1.165) is 25.7 Å². The summed E-state index contributed by atoms with van der Waals surface area (Å²) >= 11 is 0. The molecule has 124 valence electrons. The van der Waals surface area contributed by atoms with Crippen LogP contribution in [0.1, 0.15) is 70.6 Å². The van der Waals surface area contributed by atoms with E-state index in [0.29, 0.717) is 12.8 Å². The highest BCUT2D eigenvalue weighted by molar-refractivity contribution is 5.99. The summed E-state index contributed by atoms with van der Waals surface area (Å²) in [5.74, 6) is -1.02. The van der Waals surface area contributed by atoms with Gasteiger partial charge in [-0.05, 0) is 44.9 Å². The Kier molecular flexibility index (Phi) is 10.3. The Labute approximate surface area is 134 Å². The van der Waals surface area contributed by atoms with Crippen LogP contribution in [0.5, 0.6) is 0 Å². The van der Waals surface area contributed by atoms with Gasteiger partial charge < -0.3 is 4.74 Å². The first-order chi connectivity index (χ1) is 10.8. The summed E-state index contributed by atoms with van der Waals surface area (Å²) in [4.78, 5) is 24.0. The van der Waals surface area contributed by atoms with Crippen LogP contribution in [0.25, 0.3) is 0 Å². The van der Waals surface area contributed by atoms with Crippen molar-refractivity contribution in [1.82, 2.24) is 0 Å². The lowest BCUT2D eigenvalue weighted by Crippen LogP contribution is -2.24. The molecule has 1 rings (SSSR count). The molecule has 1 atom stereocenters. The van der Waals surface area contributed by atoms with Crippen LogP contribution in [-0.4, -0.2) is 18.9 Å².